The number of nitrogens with one attached hydrogen (secondary N) is 1. The number of benzene rings is 1. The molecule has 0 radical (unpaired) electrons. The van der Waals surface area contributed by atoms with E-state index < -0.39 is 10.7 Å². The molecule has 0 aliphatic heterocycles. The minimum Gasteiger partial charge on any atom is -0.385 e. The van der Waals surface area contributed by atoms with Crippen molar-refractivity contribution in [1.29, 1.82) is 0 Å². The van der Waals surface area contributed by atoms with Gasteiger partial charge in [-0.2, -0.15) is 0 Å². The molecule has 0 spiro atoms. The fraction of sp³-hybridized carbons (Fsp3) is 0.455. The summed E-state index contributed by atoms with van der Waals surface area (Å²) < 4.78 is 18.0. The first-order valence-corrected chi connectivity index (χ1v) is 5.23. The third kappa shape index (κ3) is 4.36. The van der Waals surface area contributed by atoms with Crippen molar-refractivity contribution >= 4 is 11.4 Å². The Labute approximate surface area is 98.7 Å². The average molecular weight is 242 g/mol. The number of rotatable bonds is 6. The predicted octanol–water partition coefficient (Wildman–Crippen LogP) is 2.57. The van der Waals surface area contributed by atoms with E-state index in [2.05, 4.69) is 5.32 Å². The molecule has 1 rings (SSSR count). The van der Waals surface area contributed by atoms with Crippen LogP contribution >= 0.6 is 0 Å². The lowest BCUT2D eigenvalue weighted by molar-refractivity contribution is -0.385. The number of non-ortho nitro benzene ring substituents is 1. The van der Waals surface area contributed by atoms with E-state index in [0.29, 0.717) is 12.3 Å². The standard InChI is InChI=1S/C11H15FN2O3/c1-8(3-4-17-2)13-10-5-9(12)6-11(7-10)14(15)16/h5-8,13H,3-4H2,1-2H3. The highest BCUT2D eigenvalue weighted by molar-refractivity contribution is 5.52. The predicted molar refractivity (Wildman–Crippen MR) is 62.6 cm³/mol. The summed E-state index contributed by atoms with van der Waals surface area (Å²) in [5, 5.41) is 13.5. The fourth-order valence-corrected chi connectivity index (χ4v) is 1.41. The zero-order chi connectivity index (χ0) is 12.8. The number of anilines is 1. The molecule has 1 aromatic carbocycles. The molecule has 0 heterocycles. The minimum absolute atomic E-state index is 0.0522. The van der Waals surface area contributed by atoms with Crippen molar-refractivity contribution in [1.82, 2.24) is 0 Å². The molecule has 0 aromatic heterocycles. The van der Waals surface area contributed by atoms with Crippen molar-refractivity contribution in [2.45, 2.75) is 19.4 Å². The molecule has 0 aliphatic rings. The topological polar surface area (TPSA) is 64.4 Å². The van der Waals surface area contributed by atoms with Gasteiger partial charge in [-0.25, -0.2) is 4.39 Å². The van der Waals surface area contributed by atoms with Gasteiger partial charge >= 0.3 is 0 Å². The van der Waals surface area contributed by atoms with Crippen molar-refractivity contribution in [3.8, 4) is 0 Å². The number of nitro groups is 1. The molecule has 1 unspecified atom stereocenters. The number of nitrogens with zero attached hydrogens (tertiary/aromatic N) is 1. The van der Waals surface area contributed by atoms with E-state index in [4.69, 9.17) is 4.74 Å². The van der Waals surface area contributed by atoms with Crippen molar-refractivity contribution in [2.24, 2.45) is 0 Å². The molecule has 0 aliphatic carbocycles. The largest absolute Gasteiger partial charge is 0.385 e. The highest BCUT2D eigenvalue weighted by Gasteiger charge is 2.11. The average Bonchev–Trinajstić information content (AvgIpc) is 2.25. The smallest absolute Gasteiger partial charge is 0.274 e. The molecule has 0 fully saturated rings. The Balaban J connectivity index is 2.73. The van der Waals surface area contributed by atoms with E-state index >= 15 is 0 Å². The maximum Gasteiger partial charge on any atom is 0.274 e. The molecular weight excluding hydrogens is 227 g/mol. The third-order valence-electron chi connectivity index (χ3n) is 2.26. The van der Waals surface area contributed by atoms with Gasteiger partial charge in [-0.15, -0.1) is 0 Å². The van der Waals surface area contributed by atoms with E-state index in [0.717, 1.165) is 12.5 Å². The molecule has 17 heavy (non-hydrogen) atoms. The zero-order valence-electron chi connectivity index (χ0n) is 9.77. The number of nitro benzene ring substituents is 1. The van der Waals surface area contributed by atoms with Crippen molar-refractivity contribution in [2.75, 3.05) is 19.0 Å². The molecule has 1 atom stereocenters. The summed E-state index contributed by atoms with van der Waals surface area (Å²) in [6.07, 6.45) is 0.737. The normalized spacial score (nSPS) is 12.2. The van der Waals surface area contributed by atoms with E-state index in [1.165, 1.54) is 12.1 Å². The molecule has 0 bridgehead atoms. The Morgan fingerprint density at radius 3 is 2.82 bits per heavy atom. The fourth-order valence-electron chi connectivity index (χ4n) is 1.41. The van der Waals surface area contributed by atoms with Crippen LogP contribution in [0.2, 0.25) is 0 Å². The van der Waals surface area contributed by atoms with Crippen LogP contribution < -0.4 is 5.32 Å². The van der Waals surface area contributed by atoms with Crippen molar-refractivity contribution in [3.05, 3.63) is 34.1 Å². The summed E-state index contributed by atoms with van der Waals surface area (Å²) in [5.41, 5.74) is 0.145. The van der Waals surface area contributed by atoms with Crippen molar-refractivity contribution in [3.63, 3.8) is 0 Å². The Hall–Kier alpha value is -1.69. The van der Waals surface area contributed by atoms with Crippen LogP contribution in [-0.4, -0.2) is 24.7 Å². The number of methoxy groups -OCH3 is 1. The van der Waals surface area contributed by atoms with Gasteiger partial charge in [0, 0.05) is 31.5 Å². The zero-order valence-corrected chi connectivity index (χ0v) is 9.77. The Kier molecular flexibility index (Phi) is 4.84. The van der Waals surface area contributed by atoms with Gasteiger partial charge in [0.05, 0.1) is 11.0 Å². The first-order chi connectivity index (χ1) is 8.02. The van der Waals surface area contributed by atoms with Gasteiger partial charge in [-0.1, -0.05) is 0 Å². The number of hydrogen-bond acceptors (Lipinski definition) is 4. The van der Waals surface area contributed by atoms with Gasteiger partial charge in [0.1, 0.15) is 5.82 Å². The molecule has 0 saturated carbocycles. The molecule has 6 heteroatoms. The highest BCUT2D eigenvalue weighted by atomic mass is 19.1. The summed E-state index contributed by atoms with van der Waals surface area (Å²) >= 11 is 0. The van der Waals surface area contributed by atoms with Gasteiger partial charge in [0.25, 0.3) is 5.69 Å². The summed E-state index contributed by atoms with van der Waals surface area (Å²) in [6.45, 7) is 2.47. The lowest BCUT2D eigenvalue weighted by Gasteiger charge is -2.14. The maximum atomic E-state index is 13.1. The first kappa shape index (κ1) is 13.4. The van der Waals surface area contributed by atoms with Gasteiger partial charge in [0.15, 0.2) is 0 Å². The second kappa shape index (κ2) is 6.15. The molecule has 0 saturated heterocycles. The van der Waals surface area contributed by atoms with E-state index in [1.54, 1.807) is 7.11 Å². The van der Waals surface area contributed by atoms with Crippen LogP contribution in [0.3, 0.4) is 0 Å². The minimum atomic E-state index is -0.624. The van der Waals surface area contributed by atoms with Crippen LogP contribution in [0.5, 0.6) is 0 Å². The van der Waals surface area contributed by atoms with Gasteiger partial charge in [0.2, 0.25) is 0 Å². The summed E-state index contributed by atoms with van der Waals surface area (Å²) in [6, 6.07) is 3.49. The van der Waals surface area contributed by atoms with Crippen molar-refractivity contribution < 1.29 is 14.1 Å². The molecular formula is C11H15FN2O3. The number of halogens is 1. The van der Waals surface area contributed by atoms with Gasteiger partial charge < -0.3 is 10.1 Å². The Bertz CT molecular complexity index is 398. The Morgan fingerprint density at radius 1 is 1.53 bits per heavy atom. The van der Waals surface area contributed by atoms with E-state index in [-0.39, 0.29) is 11.7 Å². The first-order valence-electron chi connectivity index (χ1n) is 5.23. The molecule has 1 aromatic rings. The van der Waals surface area contributed by atoms with E-state index in [1.807, 2.05) is 6.92 Å². The third-order valence-corrected chi connectivity index (χ3v) is 2.26. The summed E-state index contributed by atoms with van der Waals surface area (Å²) in [7, 11) is 1.60. The second-order valence-corrected chi connectivity index (χ2v) is 3.78. The van der Waals surface area contributed by atoms with Crippen LogP contribution in [0.25, 0.3) is 0 Å². The number of hydrogen-bond donors (Lipinski definition) is 1. The monoisotopic (exact) mass is 242 g/mol. The maximum absolute atomic E-state index is 13.1. The SMILES string of the molecule is COCCC(C)Nc1cc(F)cc([N+](=O)[O-])c1. The quantitative estimate of drug-likeness (QED) is 0.615. The van der Waals surface area contributed by atoms with Gasteiger partial charge in [-0.05, 0) is 19.4 Å². The lowest BCUT2D eigenvalue weighted by atomic mass is 10.2. The Morgan fingerprint density at radius 2 is 2.24 bits per heavy atom. The summed E-state index contributed by atoms with van der Waals surface area (Å²) in [5.74, 6) is -0.624. The number of ether oxygens (including phenoxy) is 1. The molecule has 94 valence electrons. The van der Waals surface area contributed by atoms with Crippen LogP contribution in [0.1, 0.15) is 13.3 Å². The van der Waals surface area contributed by atoms with Crippen LogP contribution in [0.15, 0.2) is 18.2 Å². The van der Waals surface area contributed by atoms with Crippen LogP contribution in [0.4, 0.5) is 15.8 Å². The van der Waals surface area contributed by atoms with E-state index in [9.17, 15) is 14.5 Å². The van der Waals surface area contributed by atoms with Crippen LogP contribution in [-0.2, 0) is 4.74 Å². The lowest BCUT2D eigenvalue weighted by Crippen LogP contribution is -2.17. The molecule has 1 N–H and O–H groups in total. The summed E-state index contributed by atoms with van der Waals surface area (Å²) in [4.78, 5) is 9.94. The van der Waals surface area contributed by atoms with Crippen LogP contribution in [0, 0.1) is 15.9 Å². The molecule has 0 amide bonds. The van der Waals surface area contributed by atoms with Gasteiger partial charge in [-0.3, -0.25) is 10.1 Å². The molecule has 5 nitrogen and oxygen atoms in total. The second-order valence-electron chi connectivity index (χ2n) is 3.78. The highest BCUT2D eigenvalue weighted by Crippen LogP contribution is 2.20.